The van der Waals surface area contributed by atoms with Gasteiger partial charge in [-0.1, -0.05) is 12.8 Å². The Morgan fingerprint density at radius 2 is 2.11 bits per heavy atom. The largest absolute Gasteiger partial charge is 0.351 e. The van der Waals surface area contributed by atoms with Crippen molar-refractivity contribution < 1.29 is 9.18 Å². The van der Waals surface area contributed by atoms with E-state index in [2.05, 4.69) is 21.2 Å². The number of carbonyl (C=O) groups is 1. The molecule has 0 spiro atoms. The van der Waals surface area contributed by atoms with Crippen molar-refractivity contribution in [3.05, 3.63) is 34.1 Å². The lowest BCUT2D eigenvalue weighted by Gasteiger charge is -2.26. The summed E-state index contributed by atoms with van der Waals surface area (Å²) in [6.07, 6.45) is 4.42. The highest BCUT2D eigenvalue weighted by molar-refractivity contribution is 9.10. The molecule has 0 aliphatic heterocycles. The number of carbonyl (C=O) groups excluding carboxylic acids is 1. The van der Waals surface area contributed by atoms with Crippen molar-refractivity contribution in [1.29, 1.82) is 0 Å². The molecule has 0 bridgehead atoms. The van der Waals surface area contributed by atoms with E-state index in [4.69, 9.17) is 11.6 Å². The second kappa shape index (κ2) is 6.23. The Labute approximate surface area is 125 Å². The topological polar surface area (TPSA) is 29.1 Å². The van der Waals surface area contributed by atoms with E-state index in [9.17, 15) is 9.18 Å². The first-order valence-corrected chi connectivity index (χ1v) is 7.68. The molecular weight excluding hydrogens is 333 g/mol. The highest BCUT2D eigenvalue weighted by atomic mass is 79.9. The molecular formula is C14H16BrClFNO. The molecule has 0 atom stereocenters. The quantitative estimate of drug-likeness (QED) is 0.815. The molecule has 104 valence electrons. The van der Waals surface area contributed by atoms with Crippen molar-refractivity contribution in [2.45, 2.75) is 25.7 Å². The van der Waals surface area contributed by atoms with Crippen LogP contribution >= 0.6 is 27.5 Å². The second-order valence-electron chi connectivity index (χ2n) is 5.15. The van der Waals surface area contributed by atoms with Gasteiger partial charge in [-0.2, -0.15) is 0 Å². The van der Waals surface area contributed by atoms with Gasteiger partial charge in [0.1, 0.15) is 5.82 Å². The third-order valence-corrected chi connectivity index (χ3v) is 4.96. The lowest BCUT2D eigenvalue weighted by molar-refractivity contribution is 0.0934. The highest BCUT2D eigenvalue weighted by Gasteiger charge is 2.33. The minimum atomic E-state index is -0.430. The molecule has 0 heterocycles. The number of alkyl halides is 1. The van der Waals surface area contributed by atoms with Crippen molar-refractivity contribution in [3.8, 4) is 0 Å². The van der Waals surface area contributed by atoms with E-state index >= 15 is 0 Å². The first-order valence-electron chi connectivity index (χ1n) is 6.36. The maximum Gasteiger partial charge on any atom is 0.251 e. The van der Waals surface area contributed by atoms with Gasteiger partial charge in [-0.05, 0) is 47.0 Å². The molecule has 1 aromatic rings. The number of hydrogen-bond donors (Lipinski definition) is 1. The fourth-order valence-electron chi connectivity index (χ4n) is 2.49. The van der Waals surface area contributed by atoms with Crippen LogP contribution < -0.4 is 5.32 Å². The molecule has 1 aliphatic carbocycles. The zero-order valence-electron chi connectivity index (χ0n) is 10.5. The summed E-state index contributed by atoms with van der Waals surface area (Å²) < 4.78 is 13.7. The fourth-order valence-corrected chi connectivity index (χ4v) is 3.10. The summed E-state index contributed by atoms with van der Waals surface area (Å²) >= 11 is 9.09. The molecule has 2 rings (SSSR count). The summed E-state index contributed by atoms with van der Waals surface area (Å²) in [6.45, 7) is 0.563. The Kier molecular flexibility index (Phi) is 4.85. The molecule has 0 unspecified atom stereocenters. The fraction of sp³-hybridized carbons (Fsp3) is 0.500. The third kappa shape index (κ3) is 3.48. The summed E-state index contributed by atoms with van der Waals surface area (Å²) in [7, 11) is 0. The molecule has 1 N–H and O–H groups in total. The number of hydrogen-bond acceptors (Lipinski definition) is 1. The van der Waals surface area contributed by atoms with E-state index in [1.165, 1.54) is 12.1 Å². The average molecular weight is 349 g/mol. The first kappa shape index (κ1) is 14.8. The normalized spacial score (nSPS) is 17.4. The van der Waals surface area contributed by atoms with Crippen LogP contribution in [0, 0.1) is 11.2 Å². The number of amides is 1. The molecule has 0 radical (unpaired) electrons. The Hall–Kier alpha value is -0.610. The SMILES string of the molecule is O=C(NCC1(CCl)CCCC1)c1ccc(Br)c(F)c1. The third-order valence-electron chi connectivity index (χ3n) is 3.75. The van der Waals surface area contributed by atoms with Gasteiger partial charge in [0.15, 0.2) is 0 Å². The van der Waals surface area contributed by atoms with Crippen LogP contribution in [-0.4, -0.2) is 18.3 Å². The van der Waals surface area contributed by atoms with Gasteiger partial charge in [0.25, 0.3) is 5.91 Å². The van der Waals surface area contributed by atoms with Crippen LogP contribution in [-0.2, 0) is 0 Å². The van der Waals surface area contributed by atoms with Crippen LogP contribution in [0.2, 0.25) is 0 Å². The van der Waals surface area contributed by atoms with Gasteiger partial charge in [0.2, 0.25) is 0 Å². The Balaban J connectivity index is 1.99. The minimum Gasteiger partial charge on any atom is -0.351 e. The number of halogens is 3. The monoisotopic (exact) mass is 347 g/mol. The standard InChI is InChI=1S/C14H16BrClFNO/c15-11-4-3-10(7-12(11)17)13(19)18-9-14(8-16)5-1-2-6-14/h3-4,7H,1-2,5-6,8-9H2,(H,18,19). The van der Waals surface area contributed by atoms with Crippen LogP contribution in [0.1, 0.15) is 36.0 Å². The van der Waals surface area contributed by atoms with Gasteiger partial charge in [-0.15, -0.1) is 11.6 Å². The molecule has 2 nitrogen and oxygen atoms in total. The zero-order chi connectivity index (χ0) is 13.9. The van der Waals surface area contributed by atoms with E-state index in [0.29, 0.717) is 22.5 Å². The Morgan fingerprint density at radius 1 is 1.42 bits per heavy atom. The summed E-state index contributed by atoms with van der Waals surface area (Å²) in [6, 6.07) is 4.38. The molecule has 1 fully saturated rings. The van der Waals surface area contributed by atoms with Crippen LogP contribution in [0.5, 0.6) is 0 Å². The molecule has 1 aromatic carbocycles. The maximum atomic E-state index is 13.4. The smallest absolute Gasteiger partial charge is 0.251 e. The van der Waals surface area contributed by atoms with Crippen molar-refractivity contribution >= 4 is 33.4 Å². The predicted octanol–water partition coefficient (Wildman–Crippen LogP) is 4.12. The lowest BCUT2D eigenvalue weighted by atomic mass is 9.88. The summed E-state index contributed by atoms with van der Waals surface area (Å²) in [4.78, 5) is 12.0. The number of rotatable bonds is 4. The Morgan fingerprint density at radius 3 is 2.68 bits per heavy atom. The molecule has 1 amide bonds. The van der Waals surface area contributed by atoms with Crippen LogP contribution in [0.25, 0.3) is 0 Å². The minimum absolute atomic E-state index is 0.0190. The van der Waals surface area contributed by atoms with Crippen LogP contribution in [0.3, 0.4) is 0 Å². The van der Waals surface area contributed by atoms with Gasteiger partial charge in [-0.25, -0.2) is 4.39 Å². The molecule has 0 aromatic heterocycles. The number of benzene rings is 1. The number of nitrogens with one attached hydrogen (secondary N) is 1. The zero-order valence-corrected chi connectivity index (χ0v) is 12.9. The van der Waals surface area contributed by atoms with Gasteiger partial charge in [0.05, 0.1) is 4.47 Å². The molecule has 1 saturated carbocycles. The van der Waals surface area contributed by atoms with Gasteiger partial charge in [-0.3, -0.25) is 4.79 Å². The maximum absolute atomic E-state index is 13.4. The summed E-state index contributed by atoms with van der Waals surface area (Å²) in [5, 5.41) is 2.87. The van der Waals surface area contributed by atoms with E-state index < -0.39 is 5.82 Å². The van der Waals surface area contributed by atoms with Gasteiger partial charge < -0.3 is 5.32 Å². The van der Waals surface area contributed by atoms with Crippen molar-refractivity contribution in [3.63, 3.8) is 0 Å². The molecule has 19 heavy (non-hydrogen) atoms. The van der Waals surface area contributed by atoms with Crippen molar-refractivity contribution in [1.82, 2.24) is 5.32 Å². The van der Waals surface area contributed by atoms with Crippen LogP contribution in [0.15, 0.2) is 22.7 Å². The first-order chi connectivity index (χ1) is 9.06. The van der Waals surface area contributed by atoms with E-state index in [1.54, 1.807) is 6.07 Å². The second-order valence-corrected chi connectivity index (χ2v) is 6.27. The van der Waals surface area contributed by atoms with E-state index in [1.807, 2.05) is 0 Å². The highest BCUT2D eigenvalue weighted by Crippen LogP contribution is 2.38. The van der Waals surface area contributed by atoms with Gasteiger partial charge >= 0.3 is 0 Å². The predicted molar refractivity (Wildman–Crippen MR) is 78.1 cm³/mol. The lowest BCUT2D eigenvalue weighted by Crippen LogP contribution is -2.37. The molecule has 5 heteroatoms. The average Bonchev–Trinajstić information content (AvgIpc) is 2.89. The van der Waals surface area contributed by atoms with E-state index in [-0.39, 0.29) is 11.3 Å². The van der Waals surface area contributed by atoms with Gasteiger partial charge in [0, 0.05) is 23.4 Å². The van der Waals surface area contributed by atoms with Crippen molar-refractivity contribution in [2.24, 2.45) is 5.41 Å². The summed E-state index contributed by atoms with van der Waals surface area (Å²) in [5.74, 6) is -0.120. The van der Waals surface area contributed by atoms with E-state index in [0.717, 1.165) is 25.7 Å². The Bertz CT molecular complexity index is 475. The van der Waals surface area contributed by atoms with Crippen molar-refractivity contribution in [2.75, 3.05) is 12.4 Å². The molecule has 0 saturated heterocycles. The van der Waals surface area contributed by atoms with Crippen LogP contribution in [0.4, 0.5) is 4.39 Å². The molecule has 1 aliphatic rings. The summed E-state index contributed by atoms with van der Waals surface area (Å²) in [5.41, 5.74) is 0.355.